The van der Waals surface area contributed by atoms with Crippen LogP contribution < -0.4 is 10.1 Å². The molecule has 1 heterocycles. The molecule has 112 valence electrons. The number of ether oxygens (including phenoxy) is 1. The molecule has 1 aromatic heterocycles. The van der Waals surface area contributed by atoms with Gasteiger partial charge in [-0.3, -0.25) is 0 Å². The summed E-state index contributed by atoms with van der Waals surface area (Å²) in [5.74, 6) is 1.12. The van der Waals surface area contributed by atoms with Gasteiger partial charge in [-0.2, -0.15) is 0 Å². The Morgan fingerprint density at radius 1 is 1.29 bits per heavy atom. The van der Waals surface area contributed by atoms with Gasteiger partial charge in [0.1, 0.15) is 11.6 Å². The number of benzene rings is 1. The van der Waals surface area contributed by atoms with Gasteiger partial charge in [0, 0.05) is 24.9 Å². The highest BCUT2D eigenvalue weighted by Gasteiger charge is 2.06. The predicted octanol–water partition coefficient (Wildman–Crippen LogP) is 4.52. The molecule has 1 N–H and O–H groups in total. The van der Waals surface area contributed by atoms with Crippen molar-refractivity contribution in [3.63, 3.8) is 0 Å². The Morgan fingerprint density at radius 2 is 2.10 bits per heavy atom. The molecule has 2 rings (SSSR count). The Hall–Kier alpha value is -1.46. The summed E-state index contributed by atoms with van der Waals surface area (Å²) < 4.78 is 19.6. The standard InChI is InChI=1S/C16H18BrFN2O/c1-11(2)9-19-10-12-5-6-20-16(7-12)21-15-8-13(18)3-4-14(15)17/h3-8,11,19H,9-10H2,1-2H3. The molecule has 0 bridgehead atoms. The monoisotopic (exact) mass is 352 g/mol. The lowest BCUT2D eigenvalue weighted by Crippen LogP contribution is -2.18. The van der Waals surface area contributed by atoms with Crippen molar-refractivity contribution in [2.75, 3.05) is 6.54 Å². The molecule has 0 atom stereocenters. The summed E-state index contributed by atoms with van der Waals surface area (Å²) in [6.45, 7) is 6.03. The van der Waals surface area contributed by atoms with E-state index in [4.69, 9.17) is 4.74 Å². The molecule has 0 aliphatic rings. The highest BCUT2D eigenvalue weighted by molar-refractivity contribution is 9.10. The predicted molar refractivity (Wildman–Crippen MR) is 85.0 cm³/mol. The van der Waals surface area contributed by atoms with E-state index in [9.17, 15) is 4.39 Å². The van der Waals surface area contributed by atoms with Gasteiger partial charge in [-0.25, -0.2) is 9.37 Å². The number of rotatable bonds is 6. The molecule has 1 aromatic carbocycles. The lowest BCUT2D eigenvalue weighted by Gasteiger charge is -2.10. The second-order valence-corrected chi connectivity index (χ2v) is 6.06. The van der Waals surface area contributed by atoms with E-state index in [0.29, 0.717) is 22.0 Å². The molecule has 0 unspecified atom stereocenters. The fraction of sp³-hybridized carbons (Fsp3) is 0.312. The maximum atomic E-state index is 13.2. The van der Waals surface area contributed by atoms with Crippen molar-refractivity contribution in [1.82, 2.24) is 10.3 Å². The van der Waals surface area contributed by atoms with Gasteiger partial charge >= 0.3 is 0 Å². The highest BCUT2D eigenvalue weighted by Crippen LogP contribution is 2.29. The van der Waals surface area contributed by atoms with E-state index in [-0.39, 0.29) is 5.82 Å². The maximum Gasteiger partial charge on any atom is 0.219 e. The average Bonchev–Trinajstić information content (AvgIpc) is 2.43. The van der Waals surface area contributed by atoms with Crippen molar-refractivity contribution < 1.29 is 9.13 Å². The van der Waals surface area contributed by atoms with E-state index < -0.39 is 0 Å². The Bertz CT molecular complexity index is 605. The third-order valence-corrected chi connectivity index (χ3v) is 3.44. The van der Waals surface area contributed by atoms with Crippen LogP contribution in [0.3, 0.4) is 0 Å². The van der Waals surface area contributed by atoms with E-state index in [1.165, 1.54) is 12.1 Å². The number of pyridine rings is 1. The van der Waals surface area contributed by atoms with Crippen molar-refractivity contribution in [3.8, 4) is 11.6 Å². The Balaban J connectivity index is 2.05. The van der Waals surface area contributed by atoms with Crippen molar-refractivity contribution >= 4 is 15.9 Å². The summed E-state index contributed by atoms with van der Waals surface area (Å²) in [4.78, 5) is 4.16. The van der Waals surface area contributed by atoms with Gasteiger partial charge < -0.3 is 10.1 Å². The molecule has 0 aliphatic heterocycles. The largest absolute Gasteiger partial charge is 0.438 e. The second-order valence-electron chi connectivity index (χ2n) is 5.20. The Kier molecular flexibility index (Phi) is 5.70. The van der Waals surface area contributed by atoms with Crippen LogP contribution in [0, 0.1) is 11.7 Å². The van der Waals surface area contributed by atoms with Gasteiger partial charge in [-0.15, -0.1) is 0 Å². The molecule has 5 heteroatoms. The minimum atomic E-state index is -0.344. The molecule has 21 heavy (non-hydrogen) atoms. The Labute approximate surface area is 132 Å². The molecule has 0 spiro atoms. The van der Waals surface area contributed by atoms with Gasteiger partial charge in [0.15, 0.2) is 0 Å². The molecule has 2 aromatic rings. The number of nitrogens with one attached hydrogen (secondary N) is 1. The third-order valence-electron chi connectivity index (χ3n) is 2.79. The van der Waals surface area contributed by atoms with E-state index in [0.717, 1.165) is 18.7 Å². The van der Waals surface area contributed by atoms with E-state index >= 15 is 0 Å². The number of hydrogen-bond donors (Lipinski definition) is 1. The molecular weight excluding hydrogens is 335 g/mol. The SMILES string of the molecule is CC(C)CNCc1ccnc(Oc2cc(F)ccc2Br)c1. The molecule has 0 saturated heterocycles. The zero-order valence-corrected chi connectivity index (χ0v) is 13.7. The van der Waals surface area contributed by atoms with Crippen LogP contribution in [-0.2, 0) is 6.54 Å². The number of nitrogens with zero attached hydrogens (tertiary/aromatic N) is 1. The minimum Gasteiger partial charge on any atom is -0.438 e. The second kappa shape index (κ2) is 7.52. The van der Waals surface area contributed by atoms with Gasteiger partial charge in [-0.05, 0) is 52.2 Å². The lowest BCUT2D eigenvalue weighted by atomic mass is 10.2. The van der Waals surface area contributed by atoms with Crippen molar-refractivity contribution in [1.29, 1.82) is 0 Å². The van der Waals surface area contributed by atoms with E-state index in [2.05, 4.69) is 40.1 Å². The molecule has 3 nitrogen and oxygen atoms in total. The van der Waals surface area contributed by atoms with Gasteiger partial charge in [-0.1, -0.05) is 13.8 Å². The number of aromatic nitrogens is 1. The summed E-state index contributed by atoms with van der Waals surface area (Å²) in [6.07, 6.45) is 1.69. The van der Waals surface area contributed by atoms with Crippen LogP contribution in [0.15, 0.2) is 41.0 Å². The minimum absolute atomic E-state index is 0.344. The molecule has 0 aliphatic carbocycles. The average molecular weight is 353 g/mol. The topological polar surface area (TPSA) is 34.2 Å². The molecule has 0 amide bonds. The van der Waals surface area contributed by atoms with Crippen molar-refractivity contribution in [3.05, 3.63) is 52.4 Å². The van der Waals surface area contributed by atoms with Crippen LogP contribution >= 0.6 is 15.9 Å². The third kappa shape index (κ3) is 5.10. The first-order valence-electron chi connectivity index (χ1n) is 6.83. The maximum absolute atomic E-state index is 13.2. The van der Waals surface area contributed by atoms with Crippen molar-refractivity contribution in [2.45, 2.75) is 20.4 Å². The fourth-order valence-corrected chi connectivity index (χ4v) is 2.12. The van der Waals surface area contributed by atoms with Crippen LogP contribution in [0.4, 0.5) is 4.39 Å². The first-order valence-corrected chi connectivity index (χ1v) is 7.62. The van der Waals surface area contributed by atoms with Crippen LogP contribution in [-0.4, -0.2) is 11.5 Å². The van der Waals surface area contributed by atoms with Gasteiger partial charge in [0.05, 0.1) is 4.47 Å². The molecule has 0 radical (unpaired) electrons. The Morgan fingerprint density at radius 3 is 2.86 bits per heavy atom. The van der Waals surface area contributed by atoms with E-state index in [1.54, 1.807) is 12.3 Å². The van der Waals surface area contributed by atoms with Gasteiger partial charge in [0.2, 0.25) is 5.88 Å². The van der Waals surface area contributed by atoms with Crippen LogP contribution in [0.2, 0.25) is 0 Å². The zero-order chi connectivity index (χ0) is 15.2. The van der Waals surface area contributed by atoms with E-state index in [1.807, 2.05) is 12.1 Å². The highest BCUT2D eigenvalue weighted by atomic mass is 79.9. The van der Waals surface area contributed by atoms with Crippen molar-refractivity contribution in [2.24, 2.45) is 5.92 Å². The number of hydrogen-bond acceptors (Lipinski definition) is 3. The van der Waals surface area contributed by atoms with Crippen LogP contribution in [0.1, 0.15) is 19.4 Å². The summed E-state index contributed by atoms with van der Waals surface area (Å²) in [5.41, 5.74) is 1.08. The summed E-state index contributed by atoms with van der Waals surface area (Å²) >= 11 is 3.33. The lowest BCUT2D eigenvalue weighted by molar-refractivity contribution is 0.453. The first kappa shape index (κ1) is 15.9. The van der Waals surface area contributed by atoms with Gasteiger partial charge in [0.25, 0.3) is 0 Å². The van der Waals surface area contributed by atoms with Crippen LogP contribution in [0.5, 0.6) is 11.6 Å². The zero-order valence-electron chi connectivity index (χ0n) is 12.1. The number of halogens is 2. The fourth-order valence-electron chi connectivity index (χ4n) is 1.79. The summed E-state index contributed by atoms with van der Waals surface area (Å²) in [7, 11) is 0. The smallest absolute Gasteiger partial charge is 0.219 e. The van der Waals surface area contributed by atoms with Crippen LogP contribution in [0.25, 0.3) is 0 Å². The molecule has 0 fully saturated rings. The quantitative estimate of drug-likeness (QED) is 0.829. The molecule has 0 saturated carbocycles. The normalized spacial score (nSPS) is 10.9. The summed E-state index contributed by atoms with van der Waals surface area (Å²) in [6, 6.07) is 8.09. The molecular formula is C16H18BrFN2O. The first-order chi connectivity index (χ1) is 10.0. The summed E-state index contributed by atoms with van der Waals surface area (Å²) in [5, 5.41) is 3.36.